The van der Waals surface area contributed by atoms with Gasteiger partial charge in [-0.05, 0) is 25.7 Å². The number of hydrogen-bond donors (Lipinski definition) is 1. The van der Waals surface area contributed by atoms with Crippen molar-refractivity contribution >= 4 is 16.3 Å². The van der Waals surface area contributed by atoms with Gasteiger partial charge in [-0.1, -0.05) is 25.2 Å². The van der Waals surface area contributed by atoms with Gasteiger partial charge in [0, 0.05) is 17.9 Å². The maximum absolute atomic E-state index is 5.95. The van der Waals surface area contributed by atoms with Gasteiger partial charge in [0.05, 0.1) is 0 Å². The Morgan fingerprint density at radius 1 is 1.22 bits per heavy atom. The van der Waals surface area contributed by atoms with Crippen LogP contribution in [0.2, 0.25) is 0 Å². The number of fused-ring (bicyclic) bond motifs is 1. The summed E-state index contributed by atoms with van der Waals surface area (Å²) in [6.45, 7) is 4.24. The van der Waals surface area contributed by atoms with Gasteiger partial charge < -0.3 is 5.73 Å². The molecule has 6 heteroatoms. The van der Waals surface area contributed by atoms with Crippen LogP contribution in [-0.2, 0) is 0 Å². The molecule has 0 saturated heterocycles. The van der Waals surface area contributed by atoms with Gasteiger partial charge in [-0.2, -0.15) is 9.61 Å². The monoisotopic (exact) mass is 265 g/mol. The standard InChI is InChI=1S/C12H19N5S/c1-7(2)10-14-15-12-17(10)16-11(18-12)8-3-5-9(13)6-4-8/h7-9H,3-6,13H2,1-2H3. The Kier molecular flexibility index (Phi) is 3.07. The van der Waals surface area contributed by atoms with Gasteiger partial charge in [-0.3, -0.25) is 0 Å². The van der Waals surface area contributed by atoms with Crippen LogP contribution in [0, 0.1) is 0 Å². The smallest absolute Gasteiger partial charge is 0.234 e. The molecule has 0 unspecified atom stereocenters. The third-order valence-corrected chi connectivity index (χ3v) is 4.73. The van der Waals surface area contributed by atoms with Gasteiger partial charge >= 0.3 is 0 Å². The molecule has 2 heterocycles. The predicted molar refractivity (Wildman–Crippen MR) is 71.9 cm³/mol. The predicted octanol–water partition coefficient (Wildman–Crippen LogP) is 2.29. The Hall–Kier alpha value is -1.01. The molecule has 18 heavy (non-hydrogen) atoms. The minimum Gasteiger partial charge on any atom is -0.328 e. The van der Waals surface area contributed by atoms with Gasteiger partial charge in [-0.15, -0.1) is 10.2 Å². The lowest BCUT2D eigenvalue weighted by Gasteiger charge is -2.23. The molecule has 0 spiro atoms. The van der Waals surface area contributed by atoms with E-state index in [4.69, 9.17) is 10.8 Å². The van der Waals surface area contributed by atoms with Crippen molar-refractivity contribution < 1.29 is 0 Å². The lowest BCUT2D eigenvalue weighted by atomic mass is 9.87. The first kappa shape index (κ1) is 12.0. The first-order chi connectivity index (χ1) is 8.65. The average Bonchev–Trinajstić information content (AvgIpc) is 2.88. The second-order valence-corrected chi connectivity index (χ2v) is 6.45. The van der Waals surface area contributed by atoms with Crippen LogP contribution in [0.5, 0.6) is 0 Å². The quantitative estimate of drug-likeness (QED) is 0.904. The summed E-state index contributed by atoms with van der Waals surface area (Å²) in [5.74, 6) is 1.88. The van der Waals surface area contributed by atoms with E-state index >= 15 is 0 Å². The highest BCUT2D eigenvalue weighted by molar-refractivity contribution is 7.16. The van der Waals surface area contributed by atoms with E-state index in [9.17, 15) is 0 Å². The molecule has 0 bridgehead atoms. The van der Waals surface area contributed by atoms with E-state index in [1.165, 1.54) is 5.01 Å². The van der Waals surface area contributed by atoms with E-state index in [2.05, 4.69) is 24.0 Å². The molecule has 1 aliphatic rings. The van der Waals surface area contributed by atoms with Crippen molar-refractivity contribution in [1.29, 1.82) is 0 Å². The topological polar surface area (TPSA) is 69.1 Å². The highest BCUT2D eigenvalue weighted by Crippen LogP contribution is 2.34. The first-order valence-electron chi connectivity index (χ1n) is 6.62. The first-order valence-corrected chi connectivity index (χ1v) is 7.44. The van der Waals surface area contributed by atoms with Crippen LogP contribution in [0.1, 0.15) is 62.2 Å². The normalized spacial score (nSPS) is 25.1. The van der Waals surface area contributed by atoms with Gasteiger partial charge in [-0.25, -0.2) is 0 Å². The van der Waals surface area contributed by atoms with Gasteiger partial charge in [0.2, 0.25) is 4.96 Å². The van der Waals surface area contributed by atoms with Gasteiger partial charge in [0.25, 0.3) is 0 Å². The Bertz CT molecular complexity index is 536. The van der Waals surface area contributed by atoms with Gasteiger partial charge in [0.15, 0.2) is 5.82 Å². The Labute approximate surface area is 110 Å². The molecule has 98 valence electrons. The highest BCUT2D eigenvalue weighted by atomic mass is 32.1. The summed E-state index contributed by atoms with van der Waals surface area (Å²) >= 11 is 1.68. The molecule has 1 fully saturated rings. The van der Waals surface area contributed by atoms with Gasteiger partial charge in [0.1, 0.15) is 5.01 Å². The van der Waals surface area contributed by atoms with Crippen molar-refractivity contribution in [3.05, 3.63) is 10.8 Å². The van der Waals surface area contributed by atoms with Crippen LogP contribution >= 0.6 is 11.3 Å². The molecular weight excluding hydrogens is 246 g/mol. The number of aromatic nitrogens is 4. The molecule has 3 rings (SSSR count). The summed E-state index contributed by atoms with van der Waals surface area (Å²) in [6, 6.07) is 0.387. The molecule has 2 aromatic rings. The van der Waals surface area contributed by atoms with Crippen molar-refractivity contribution in [2.45, 2.75) is 57.4 Å². The second kappa shape index (κ2) is 4.59. The Balaban J connectivity index is 1.89. The summed E-state index contributed by atoms with van der Waals surface area (Å²) in [5.41, 5.74) is 5.95. The van der Waals surface area contributed by atoms with Crippen LogP contribution in [0.25, 0.3) is 4.96 Å². The maximum atomic E-state index is 5.95. The number of nitrogens with zero attached hydrogens (tertiary/aromatic N) is 4. The molecule has 0 aliphatic heterocycles. The third-order valence-electron chi connectivity index (χ3n) is 3.67. The van der Waals surface area contributed by atoms with E-state index in [1.807, 2.05) is 4.52 Å². The fourth-order valence-electron chi connectivity index (χ4n) is 2.54. The van der Waals surface area contributed by atoms with Crippen LogP contribution in [0.3, 0.4) is 0 Å². The van der Waals surface area contributed by atoms with Crippen molar-refractivity contribution in [3.8, 4) is 0 Å². The molecule has 2 aromatic heterocycles. The number of hydrogen-bond acceptors (Lipinski definition) is 5. The minimum atomic E-state index is 0.356. The zero-order valence-electron chi connectivity index (χ0n) is 10.8. The van der Waals surface area contributed by atoms with E-state index in [0.717, 1.165) is 36.5 Å². The highest BCUT2D eigenvalue weighted by Gasteiger charge is 2.24. The van der Waals surface area contributed by atoms with Crippen LogP contribution < -0.4 is 5.73 Å². The molecule has 0 aromatic carbocycles. The van der Waals surface area contributed by atoms with E-state index in [-0.39, 0.29) is 0 Å². The minimum absolute atomic E-state index is 0.356. The van der Waals surface area contributed by atoms with Crippen molar-refractivity contribution in [2.24, 2.45) is 5.73 Å². The van der Waals surface area contributed by atoms with Crippen molar-refractivity contribution in [2.75, 3.05) is 0 Å². The SMILES string of the molecule is CC(C)c1nnc2sc(C3CCC(N)CC3)nn12. The maximum Gasteiger partial charge on any atom is 0.234 e. The summed E-state index contributed by atoms with van der Waals surface area (Å²) in [4.78, 5) is 0.920. The Morgan fingerprint density at radius 3 is 2.61 bits per heavy atom. The molecule has 1 saturated carbocycles. The van der Waals surface area contributed by atoms with E-state index in [1.54, 1.807) is 11.3 Å². The lowest BCUT2D eigenvalue weighted by molar-refractivity contribution is 0.392. The summed E-state index contributed by atoms with van der Waals surface area (Å²) in [6.07, 6.45) is 4.54. The molecule has 0 radical (unpaired) electrons. The Morgan fingerprint density at radius 2 is 1.94 bits per heavy atom. The lowest BCUT2D eigenvalue weighted by Crippen LogP contribution is -2.25. The second-order valence-electron chi connectivity index (χ2n) is 5.46. The van der Waals surface area contributed by atoms with Crippen molar-refractivity contribution in [3.63, 3.8) is 0 Å². The van der Waals surface area contributed by atoms with Crippen molar-refractivity contribution in [1.82, 2.24) is 19.8 Å². The largest absolute Gasteiger partial charge is 0.328 e. The van der Waals surface area contributed by atoms with E-state index in [0.29, 0.717) is 17.9 Å². The average molecular weight is 265 g/mol. The summed E-state index contributed by atoms with van der Waals surface area (Å²) in [7, 11) is 0. The van der Waals surface area contributed by atoms with Crippen LogP contribution in [0.4, 0.5) is 0 Å². The molecule has 2 N–H and O–H groups in total. The summed E-state index contributed by atoms with van der Waals surface area (Å²) < 4.78 is 1.92. The molecule has 0 amide bonds. The third kappa shape index (κ3) is 2.03. The zero-order chi connectivity index (χ0) is 12.7. The van der Waals surface area contributed by atoms with Crippen LogP contribution in [-0.4, -0.2) is 25.9 Å². The summed E-state index contributed by atoms with van der Waals surface area (Å²) in [5, 5.41) is 14.3. The number of nitrogens with two attached hydrogens (primary N) is 1. The fraction of sp³-hybridized carbons (Fsp3) is 0.750. The molecule has 5 nitrogen and oxygen atoms in total. The zero-order valence-corrected chi connectivity index (χ0v) is 11.7. The van der Waals surface area contributed by atoms with Crippen LogP contribution in [0.15, 0.2) is 0 Å². The van der Waals surface area contributed by atoms with E-state index < -0.39 is 0 Å². The molecule has 0 atom stereocenters. The fourth-order valence-corrected chi connectivity index (χ4v) is 3.55. The number of rotatable bonds is 2. The molecule has 1 aliphatic carbocycles. The molecular formula is C12H19N5S.